The van der Waals surface area contributed by atoms with Gasteiger partial charge in [0.15, 0.2) is 0 Å². The molecule has 1 aromatic carbocycles. The largest absolute Gasteiger partial charge is 0.394 e. The third-order valence-corrected chi connectivity index (χ3v) is 4.85. The van der Waals surface area contributed by atoms with Gasteiger partial charge in [-0.05, 0) is 53.6 Å². The molecule has 3 rings (SSSR count). The van der Waals surface area contributed by atoms with Crippen molar-refractivity contribution < 1.29 is 19.1 Å². The normalized spacial score (nSPS) is 13.4. The van der Waals surface area contributed by atoms with Crippen molar-refractivity contribution in [3.8, 4) is 0 Å². The van der Waals surface area contributed by atoms with Crippen LogP contribution in [0.2, 0.25) is 0 Å². The van der Waals surface area contributed by atoms with E-state index in [-0.39, 0.29) is 36.3 Å². The first-order valence-corrected chi connectivity index (χ1v) is 9.53. The number of benzene rings is 1. The second-order valence-electron chi connectivity index (χ2n) is 6.22. The topological polar surface area (TPSA) is 115 Å². The van der Waals surface area contributed by atoms with Gasteiger partial charge in [0.25, 0.3) is 11.5 Å². The van der Waals surface area contributed by atoms with Crippen LogP contribution >= 0.6 is 22.6 Å². The van der Waals surface area contributed by atoms with Crippen LogP contribution in [0.3, 0.4) is 0 Å². The number of carbonyl (C=O) groups excluding carboxylic acids is 1. The Hall–Kier alpha value is -2.25. The molecule has 1 heterocycles. The predicted molar refractivity (Wildman–Crippen MR) is 107 cm³/mol. The highest BCUT2D eigenvalue weighted by Crippen LogP contribution is 2.32. The molecule has 1 aliphatic carbocycles. The van der Waals surface area contributed by atoms with E-state index in [4.69, 9.17) is 9.94 Å². The molecule has 28 heavy (non-hydrogen) atoms. The van der Waals surface area contributed by atoms with Crippen LogP contribution in [0.15, 0.2) is 27.8 Å². The zero-order valence-corrected chi connectivity index (χ0v) is 17.0. The van der Waals surface area contributed by atoms with Gasteiger partial charge >= 0.3 is 5.69 Å². The minimum Gasteiger partial charge on any atom is -0.394 e. The molecule has 3 N–H and O–H groups in total. The van der Waals surface area contributed by atoms with E-state index >= 15 is 0 Å². The van der Waals surface area contributed by atoms with Crippen molar-refractivity contribution in [1.29, 1.82) is 0 Å². The summed E-state index contributed by atoms with van der Waals surface area (Å²) in [4.78, 5) is 42.9. The Morgan fingerprint density at radius 3 is 2.71 bits per heavy atom. The number of hydroxylamine groups is 1. The molecule has 1 fully saturated rings. The van der Waals surface area contributed by atoms with Crippen LogP contribution in [0.1, 0.15) is 29.2 Å². The van der Waals surface area contributed by atoms with Crippen molar-refractivity contribution in [3.63, 3.8) is 0 Å². The van der Waals surface area contributed by atoms with Crippen molar-refractivity contribution in [2.45, 2.75) is 18.9 Å². The van der Waals surface area contributed by atoms with E-state index in [2.05, 4.69) is 10.8 Å². The average Bonchev–Trinajstić information content (AvgIpc) is 3.47. The lowest BCUT2D eigenvalue weighted by Gasteiger charge is -2.18. The molecule has 1 aliphatic rings. The zero-order chi connectivity index (χ0) is 20.4. The number of aliphatic hydroxyl groups excluding tert-OH is 1. The van der Waals surface area contributed by atoms with E-state index in [9.17, 15) is 18.8 Å². The van der Waals surface area contributed by atoms with Gasteiger partial charge in [0.05, 0.1) is 18.9 Å². The summed E-state index contributed by atoms with van der Waals surface area (Å²) in [5.74, 6) is -1.66. The highest BCUT2D eigenvalue weighted by molar-refractivity contribution is 14.1. The fraction of sp³-hybridized carbons (Fsp3) is 0.353. The summed E-state index contributed by atoms with van der Waals surface area (Å²) in [7, 11) is 1.39. The van der Waals surface area contributed by atoms with Crippen LogP contribution in [0.4, 0.5) is 15.9 Å². The van der Waals surface area contributed by atoms with Crippen LogP contribution in [0, 0.1) is 9.39 Å². The van der Waals surface area contributed by atoms with E-state index in [1.807, 2.05) is 22.6 Å². The van der Waals surface area contributed by atoms with Gasteiger partial charge < -0.3 is 10.4 Å². The Bertz CT molecular complexity index is 1030. The summed E-state index contributed by atoms with van der Waals surface area (Å²) >= 11 is 1.95. The molecule has 2 aromatic rings. The number of rotatable bonds is 7. The molecule has 0 unspecified atom stereocenters. The van der Waals surface area contributed by atoms with Crippen molar-refractivity contribution in [1.82, 2.24) is 14.6 Å². The molecule has 0 radical (unpaired) electrons. The zero-order valence-electron chi connectivity index (χ0n) is 14.9. The Balaban J connectivity index is 2.12. The van der Waals surface area contributed by atoms with Gasteiger partial charge in [-0.15, -0.1) is 0 Å². The lowest BCUT2D eigenvalue weighted by Crippen LogP contribution is -2.44. The summed E-state index contributed by atoms with van der Waals surface area (Å²) in [6.45, 7) is -0.512. The van der Waals surface area contributed by atoms with Crippen molar-refractivity contribution in [2.24, 2.45) is 7.05 Å². The van der Waals surface area contributed by atoms with Gasteiger partial charge in [0, 0.05) is 16.7 Å². The van der Waals surface area contributed by atoms with Crippen LogP contribution < -0.4 is 22.0 Å². The minimum atomic E-state index is -0.906. The Morgan fingerprint density at radius 1 is 1.39 bits per heavy atom. The van der Waals surface area contributed by atoms with Crippen molar-refractivity contribution in [3.05, 3.63) is 54.0 Å². The summed E-state index contributed by atoms with van der Waals surface area (Å²) in [6, 6.07) is 4.09. The highest BCUT2D eigenvalue weighted by atomic mass is 127. The number of hydrogen-bond donors (Lipinski definition) is 3. The molecule has 150 valence electrons. The smallest absolute Gasteiger partial charge is 0.332 e. The number of nitrogens with one attached hydrogen (secondary N) is 2. The fourth-order valence-electron chi connectivity index (χ4n) is 2.67. The van der Waals surface area contributed by atoms with Crippen molar-refractivity contribution in [2.75, 3.05) is 18.5 Å². The maximum absolute atomic E-state index is 14.3. The van der Waals surface area contributed by atoms with Gasteiger partial charge in [0.2, 0.25) is 0 Å². The molecule has 0 spiro atoms. The lowest BCUT2D eigenvalue weighted by atomic mass is 10.2. The predicted octanol–water partition coefficient (Wildman–Crippen LogP) is 1.02. The first-order chi connectivity index (χ1) is 13.3. The Labute approximate surface area is 172 Å². The number of anilines is 2. The van der Waals surface area contributed by atoms with E-state index in [0.717, 1.165) is 9.13 Å². The SMILES string of the molecule is Cn1c(Nc2ccc(I)cc2F)c(C(=O)NOCCO)c(=O)n(C2CC2)c1=O. The Kier molecular flexibility index (Phi) is 6.15. The third-order valence-electron chi connectivity index (χ3n) is 4.18. The fourth-order valence-corrected chi connectivity index (χ4v) is 3.12. The molecule has 0 atom stereocenters. The van der Waals surface area contributed by atoms with E-state index in [1.54, 1.807) is 6.07 Å². The van der Waals surface area contributed by atoms with Gasteiger partial charge in [-0.3, -0.25) is 23.6 Å². The molecule has 1 saturated carbocycles. The number of aliphatic hydroxyl groups is 1. The van der Waals surface area contributed by atoms with E-state index < -0.39 is 23.0 Å². The van der Waals surface area contributed by atoms with Crippen molar-refractivity contribution >= 4 is 40.0 Å². The highest BCUT2D eigenvalue weighted by Gasteiger charge is 2.32. The molecule has 9 nitrogen and oxygen atoms in total. The average molecular weight is 504 g/mol. The van der Waals surface area contributed by atoms with Crippen LogP contribution in [0.25, 0.3) is 0 Å². The minimum absolute atomic E-state index is 0.00399. The van der Waals surface area contributed by atoms with Crippen LogP contribution in [-0.2, 0) is 11.9 Å². The first-order valence-electron chi connectivity index (χ1n) is 8.45. The molecule has 11 heteroatoms. The second-order valence-corrected chi connectivity index (χ2v) is 7.47. The third kappa shape index (κ3) is 4.10. The van der Waals surface area contributed by atoms with E-state index in [0.29, 0.717) is 16.4 Å². The number of nitrogens with zero attached hydrogens (tertiary/aromatic N) is 2. The van der Waals surface area contributed by atoms with Gasteiger partial charge in [-0.1, -0.05) is 0 Å². The molecule has 0 saturated heterocycles. The monoisotopic (exact) mass is 504 g/mol. The number of aromatic nitrogens is 2. The summed E-state index contributed by atoms with van der Waals surface area (Å²) in [5.41, 5.74) is 0.290. The molecule has 1 aromatic heterocycles. The Morgan fingerprint density at radius 2 is 2.11 bits per heavy atom. The number of amides is 1. The number of halogens is 2. The van der Waals surface area contributed by atoms with Gasteiger partial charge in [0.1, 0.15) is 17.2 Å². The molecule has 1 amide bonds. The maximum atomic E-state index is 14.3. The standard InChI is InChI=1S/C17H18FIN4O5/c1-22-14(20-12-5-2-9(19)8-11(12)18)13(15(25)21-28-7-6-24)16(26)23(17(22)27)10-3-4-10/h2,5,8,10,20,24H,3-4,6-7H2,1H3,(H,21,25). The lowest BCUT2D eigenvalue weighted by molar-refractivity contribution is 0.0167. The quantitative estimate of drug-likeness (QED) is 0.295. The number of hydrogen-bond acceptors (Lipinski definition) is 6. The van der Waals surface area contributed by atoms with Gasteiger partial charge in [-0.2, -0.15) is 0 Å². The second kappa shape index (κ2) is 8.41. The summed E-state index contributed by atoms with van der Waals surface area (Å²) in [5, 5.41) is 11.5. The first kappa shape index (κ1) is 20.5. The van der Waals surface area contributed by atoms with Gasteiger partial charge in [-0.25, -0.2) is 14.7 Å². The summed E-state index contributed by atoms with van der Waals surface area (Å²) < 4.78 is 17.1. The van der Waals surface area contributed by atoms with Crippen LogP contribution in [-0.4, -0.2) is 33.4 Å². The number of carbonyl (C=O) groups is 1. The molecular formula is C17H18FIN4O5. The maximum Gasteiger partial charge on any atom is 0.332 e. The summed E-state index contributed by atoms with van der Waals surface area (Å²) in [6.07, 6.45) is 1.32. The molecule has 0 bridgehead atoms. The van der Waals surface area contributed by atoms with Crippen LogP contribution in [0.5, 0.6) is 0 Å². The molecule has 0 aliphatic heterocycles. The van der Waals surface area contributed by atoms with E-state index in [1.165, 1.54) is 19.2 Å². The molecular weight excluding hydrogens is 486 g/mol.